The van der Waals surface area contributed by atoms with E-state index in [0.717, 1.165) is 7.11 Å². The molecule has 0 bridgehead atoms. The Balaban J connectivity index is -0.0000000105. The van der Waals surface area contributed by atoms with Crippen molar-refractivity contribution in [3.8, 4) is 0 Å². The van der Waals surface area contributed by atoms with Gasteiger partial charge in [-0.05, 0) is 0 Å². The Bertz CT molecular complexity index is 30.7. The van der Waals surface area contributed by atoms with E-state index >= 15 is 0 Å². The Morgan fingerprint density at radius 2 is 1.29 bits per heavy atom. The summed E-state index contributed by atoms with van der Waals surface area (Å²) in [4.78, 5) is 16.2. The van der Waals surface area contributed by atoms with Crippen LogP contribution < -0.4 is 0 Å². The molecule has 0 aliphatic heterocycles. The van der Waals surface area contributed by atoms with Gasteiger partial charge in [-0.15, -0.1) is 0 Å². The summed E-state index contributed by atoms with van der Waals surface area (Å²) in [6.07, 6.45) is 0.250. The van der Waals surface area contributed by atoms with Gasteiger partial charge in [0.2, 0.25) is 0 Å². The predicted octanol–water partition coefficient (Wildman–Crippen LogP) is -1.47. The summed E-state index contributed by atoms with van der Waals surface area (Å²) in [5.74, 6) is 0. The molecule has 0 rings (SSSR count). The van der Waals surface area contributed by atoms with Crippen molar-refractivity contribution in [2.75, 3.05) is 7.11 Å². The summed E-state index contributed by atoms with van der Waals surface area (Å²) in [7, 11) is 1.00. The normalized spacial score (nSPS) is 2.00. The fourth-order valence-corrected chi connectivity index (χ4v) is 0. The Morgan fingerprint density at radius 3 is 1.29 bits per heavy atom. The zero-order valence-electron chi connectivity index (χ0n) is 3.88. The first-order chi connectivity index (χ1) is 2.41. The summed E-state index contributed by atoms with van der Waals surface area (Å²) in [6.45, 7) is 0. The average molecular weight is 132 g/mol. The van der Waals surface area contributed by atoms with Crippen LogP contribution in [0.15, 0.2) is 0 Å². The van der Waals surface area contributed by atoms with Crippen molar-refractivity contribution in [3.63, 3.8) is 0 Å². The van der Waals surface area contributed by atoms with Gasteiger partial charge in [0.1, 0.15) is 0 Å². The standard InChI is InChI=1S/CO2.CH4O.Ca.O/c2-1-3;1-2;;/h;2H,1H3;;/q;;+2;-2. The quantitative estimate of drug-likeness (QED) is 0.408. The Hall–Kier alpha value is 0.560. The van der Waals surface area contributed by atoms with Gasteiger partial charge in [0.15, 0.2) is 0 Å². The third-order valence-corrected chi connectivity index (χ3v) is 0. The van der Waals surface area contributed by atoms with Gasteiger partial charge >= 0.3 is 43.9 Å². The molecule has 0 unspecified atom stereocenters. The number of aliphatic hydroxyl groups is 1. The second-order valence-corrected chi connectivity index (χ2v) is 0.0833. The van der Waals surface area contributed by atoms with Crippen LogP contribution in [0.3, 0.4) is 0 Å². The SMILES string of the molecule is CO.O=C=O.[Ca+2].[O-2]. The molecule has 0 aromatic heterocycles. The van der Waals surface area contributed by atoms with Crippen LogP contribution in [-0.4, -0.2) is 56.1 Å². The predicted molar refractivity (Wildman–Crippen MR) is 19.6 cm³/mol. The largest absolute Gasteiger partial charge is 2.00 e. The van der Waals surface area contributed by atoms with Crippen LogP contribution in [-0.2, 0) is 15.1 Å². The molecule has 0 amide bonds. The second kappa shape index (κ2) is 83.3. The second-order valence-electron chi connectivity index (χ2n) is 0.0833. The number of rotatable bonds is 0. The van der Waals surface area contributed by atoms with Gasteiger partial charge in [0.05, 0.1) is 0 Å². The molecule has 0 aliphatic rings. The molecule has 0 saturated heterocycles. The summed E-state index contributed by atoms with van der Waals surface area (Å²) >= 11 is 0. The van der Waals surface area contributed by atoms with E-state index in [2.05, 4.69) is 0 Å². The number of hydrogen-bond acceptors (Lipinski definition) is 3. The Morgan fingerprint density at radius 1 is 1.29 bits per heavy atom. The van der Waals surface area contributed by atoms with Crippen molar-refractivity contribution in [1.29, 1.82) is 0 Å². The van der Waals surface area contributed by atoms with Gasteiger partial charge in [-0.1, -0.05) is 0 Å². The van der Waals surface area contributed by atoms with E-state index in [0.29, 0.717) is 0 Å². The smallest absolute Gasteiger partial charge is 2.00 e. The van der Waals surface area contributed by atoms with Gasteiger partial charge < -0.3 is 10.6 Å². The molecule has 0 saturated carbocycles. The van der Waals surface area contributed by atoms with E-state index in [-0.39, 0.29) is 49.4 Å². The Labute approximate surface area is 70.8 Å². The molecule has 38 valence electrons. The van der Waals surface area contributed by atoms with Gasteiger partial charge in [-0.3, -0.25) is 0 Å². The third kappa shape index (κ3) is 435. The van der Waals surface area contributed by atoms with Crippen LogP contribution in [0.2, 0.25) is 0 Å². The maximum absolute atomic E-state index is 8.12. The zero-order chi connectivity index (χ0) is 4.71. The van der Waals surface area contributed by atoms with Gasteiger partial charge in [-0.2, -0.15) is 9.59 Å². The summed E-state index contributed by atoms with van der Waals surface area (Å²) < 4.78 is 0. The molecule has 0 heterocycles. The van der Waals surface area contributed by atoms with E-state index in [1.165, 1.54) is 0 Å². The zero-order valence-corrected chi connectivity index (χ0v) is 6.09. The fraction of sp³-hybridized carbons (Fsp3) is 0.500. The molecule has 7 heavy (non-hydrogen) atoms. The summed E-state index contributed by atoms with van der Waals surface area (Å²) in [5.41, 5.74) is 0. The van der Waals surface area contributed by atoms with Gasteiger partial charge in [0.25, 0.3) is 0 Å². The van der Waals surface area contributed by atoms with Crippen LogP contribution in [0.5, 0.6) is 0 Å². The van der Waals surface area contributed by atoms with Gasteiger partial charge in [-0.25, -0.2) is 0 Å². The average Bonchev–Trinajstić information content (AvgIpc) is 1.46. The first kappa shape index (κ1) is 25.7. The molecule has 0 aromatic rings. The number of carbonyl (C=O) groups excluding carboxylic acids is 2. The number of aliphatic hydroxyl groups excluding tert-OH is 1. The monoisotopic (exact) mass is 132 g/mol. The van der Waals surface area contributed by atoms with Crippen molar-refractivity contribution in [2.24, 2.45) is 0 Å². The van der Waals surface area contributed by atoms with E-state index in [9.17, 15) is 0 Å². The van der Waals surface area contributed by atoms with Crippen LogP contribution in [0.4, 0.5) is 0 Å². The molecule has 0 fully saturated rings. The first-order valence-electron chi connectivity index (χ1n) is 0.855. The van der Waals surface area contributed by atoms with E-state index in [1.54, 1.807) is 0 Å². The molecule has 1 N–H and O–H groups in total. The van der Waals surface area contributed by atoms with Crippen molar-refractivity contribution >= 4 is 43.9 Å². The van der Waals surface area contributed by atoms with E-state index in [1.807, 2.05) is 0 Å². The molecule has 5 heteroatoms. The number of hydrogen-bond donors (Lipinski definition) is 1. The first-order valence-corrected chi connectivity index (χ1v) is 0.855. The summed E-state index contributed by atoms with van der Waals surface area (Å²) in [6, 6.07) is 0. The fourth-order valence-electron chi connectivity index (χ4n) is 0. The summed E-state index contributed by atoms with van der Waals surface area (Å²) in [5, 5.41) is 7.00. The van der Waals surface area contributed by atoms with Crippen molar-refractivity contribution < 1.29 is 20.2 Å². The minimum Gasteiger partial charge on any atom is -2.00 e. The molecule has 0 aromatic carbocycles. The van der Waals surface area contributed by atoms with Crippen LogP contribution in [0, 0.1) is 0 Å². The van der Waals surface area contributed by atoms with Crippen LogP contribution in [0.25, 0.3) is 0 Å². The topological polar surface area (TPSA) is 82.9 Å². The maximum Gasteiger partial charge on any atom is 2.00 e. The molecule has 0 aliphatic carbocycles. The molecule has 4 nitrogen and oxygen atoms in total. The minimum absolute atomic E-state index is 0. The molecular weight excluding hydrogens is 128 g/mol. The Kier molecular flexibility index (Phi) is 306. The van der Waals surface area contributed by atoms with Gasteiger partial charge in [0, 0.05) is 7.11 Å². The van der Waals surface area contributed by atoms with Crippen molar-refractivity contribution in [2.45, 2.75) is 0 Å². The van der Waals surface area contributed by atoms with E-state index in [4.69, 9.17) is 14.7 Å². The molecular formula is C2H4CaO4. The van der Waals surface area contributed by atoms with Crippen LogP contribution in [0.1, 0.15) is 0 Å². The van der Waals surface area contributed by atoms with Crippen molar-refractivity contribution in [3.05, 3.63) is 0 Å². The van der Waals surface area contributed by atoms with E-state index < -0.39 is 0 Å². The molecule has 0 atom stereocenters. The molecule has 0 spiro atoms. The minimum atomic E-state index is 0. The van der Waals surface area contributed by atoms with Crippen LogP contribution >= 0.6 is 0 Å². The van der Waals surface area contributed by atoms with Crippen molar-refractivity contribution in [1.82, 2.24) is 0 Å². The maximum atomic E-state index is 8.12. The third-order valence-electron chi connectivity index (χ3n) is 0. The molecule has 0 radical (unpaired) electrons.